The molecule has 1 rings (SSSR count). The normalized spacial score (nSPS) is 10.0. The Bertz CT molecular complexity index is 237. The van der Waals surface area contributed by atoms with E-state index in [9.17, 15) is 0 Å². The van der Waals surface area contributed by atoms with E-state index in [0.29, 0.717) is 0 Å². The van der Waals surface area contributed by atoms with Gasteiger partial charge in [-0.05, 0) is 47.2 Å². The fourth-order valence-corrected chi connectivity index (χ4v) is 2.55. The molecule has 0 bridgehead atoms. The third-order valence-corrected chi connectivity index (χ3v) is 3.30. The standard InChI is InChI=1S/C7H5BrClI/c1-4-2-5(8)3-6(10)7(4)9/h2-3H,1H3. The van der Waals surface area contributed by atoms with Crippen LogP contribution in [0.5, 0.6) is 0 Å². The Morgan fingerprint density at radius 1 is 1.50 bits per heavy atom. The zero-order valence-corrected chi connectivity index (χ0v) is 9.79. The minimum absolute atomic E-state index is 0.851. The van der Waals surface area contributed by atoms with Crippen molar-refractivity contribution in [1.29, 1.82) is 0 Å². The van der Waals surface area contributed by atoms with E-state index in [0.717, 1.165) is 18.6 Å². The maximum Gasteiger partial charge on any atom is 0.0569 e. The van der Waals surface area contributed by atoms with Crippen LogP contribution >= 0.6 is 50.1 Å². The summed E-state index contributed by atoms with van der Waals surface area (Å²) in [5, 5.41) is 0.851. The largest absolute Gasteiger partial charge is 0.0829 e. The van der Waals surface area contributed by atoms with E-state index in [1.54, 1.807) is 0 Å². The molecule has 1 aromatic rings. The van der Waals surface area contributed by atoms with Gasteiger partial charge in [0, 0.05) is 8.04 Å². The van der Waals surface area contributed by atoms with Crippen molar-refractivity contribution in [3.63, 3.8) is 0 Å². The van der Waals surface area contributed by atoms with Crippen molar-refractivity contribution in [3.8, 4) is 0 Å². The average molecular weight is 331 g/mol. The summed E-state index contributed by atoms with van der Waals surface area (Å²) in [5.41, 5.74) is 1.11. The van der Waals surface area contributed by atoms with Crippen molar-refractivity contribution in [1.82, 2.24) is 0 Å². The smallest absolute Gasteiger partial charge is 0.0569 e. The molecule has 0 atom stereocenters. The molecule has 54 valence electrons. The van der Waals surface area contributed by atoms with Crippen molar-refractivity contribution in [2.24, 2.45) is 0 Å². The Morgan fingerprint density at radius 3 is 2.60 bits per heavy atom. The van der Waals surface area contributed by atoms with Crippen LogP contribution in [0.1, 0.15) is 5.56 Å². The predicted octanol–water partition coefficient (Wildman–Crippen LogP) is 4.02. The van der Waals surface area contributed by atoms with Crippen LogP contribution in [0.25, 0.3) is 0 Å². The van der Waals surface area contributed by atoms with Gasteiger partial charge in [-0.25, -0.2) is 0 Å². The summed E-state index contributed by atoms with van der Waals surface area (Å²) < 4.78 is 2.17. The van der Waals surface area contributed by atoms with E-state index in [-0.39, 0.29) is 0 Å². The third-order valence-electron chi connectivity index (χ3n) is 1.17. The molecular weight excluding hydrogens is 326 g/mol. The van der Waals surface area contributed by atoms with Gasteiger partial charge in [0.15, 0.2) is 0 Å². The van der Waals surface area contributed by atoms with Gasteiger partial charge in [-0.1, -0.05) is 27.5 Å². The lowest BCUT2D eigenvalue weighted by Gasteiger charge is -2.00. The fraction of sp³-hybridized carbons (Fsp3) is 0.143. The number of aryl methyl sites for hydroxylation is 1. The van der Waals surface area contributed by atoms with Crippen LogP contribution in [-0.4, -0.2) is 0 Å². The van der Waals surface area contributed by atoms with Crippen molar-refractivity contribution >= 4 is 50.1 Å². The van der Waals surface area contributed by atoms with Gasteiger partial charge in [0.05, 0.1) is 5.02 Å². The number of hydrogen-bond donors (Lipinski definition) is 0. The number of rotatable bonds is 0. The molecule has 0 aromatic heterocycles. The van der Waals surface area contributed by atoms with E-state index < -0.39 is 0 Å². The van der Waals surface area contributed by atoms with E-state index >= 15 is 0 Å². The Balaban J connectivity index is 3.31. The number of halogens is 3. The molecule has 0 aliphatic rings. The van der Waals surface area contributed by atoms with E-state index in [1.807, 2.05) is 19.1 Å². The van der Waals surface area contributed by atoms with Gasteiger partial charge >= 0.3 is 0 Å². The molecule has 1 aromatic carbocycles. The van der Waals surface area contributed by atoms with Crippen molar-refractivity contribution < 1.29 is 0 Å². The third kappa shape index (κ3) is 1.86. The van der Waals surface area contributed by atoms with Crippen LogP contribution in [0.15, 0.2) is 16.6 Å². The first-order valence-electron chi connectivity index (χ1n) is 2.72. The monoisotopic (exact) mass is 330 g/mol. The molecule has 0 unspecified atom stereocenters. The van der Waals surface area contributed by atoms with Crippen LogP contribution in [0.3, 0.4) is 0 Å². The van der Waals surface area contributed by atoms with Crippen LogP contribution in [0.2, 0.25) is 5.02 Å². The van der Waals surface area contributed by atoms with Gasteiger partial charge < -0.3 is 0 Å². The average Bonchev–Trinajstić information content (AvgIpc) is 1.82. The highest BCUT2D eigenvalue weighted by Crippen LogP contribution is 2.26. The summed E-state index contributed by atoms with van der Waals surface area (Å²) in [6.07, 6.45) is 0. The fourth-order valence-electron chi connectivity index (χ4n) is 0.685. The van der Waals surface area contributed by atoms with Crippen molar-refractivity contribution in [2.45, 2.75) is 6.92 Å². The maximum atomic E-state index is 5.92. The van der Waals surface area contributed by atoms with Crippen LogP contribution in [-0.2, 0) is 0 Å². The first-order chi connectivity index (χ1) is 4.61. The van der Waals surface area contributed by atoms with Crippen LogP contribution < -0.4 is 0 Å². The van der Waals surface area contributed by atoms with Gasteiger partial charge in [-0.2, -0.15) is 0 Å². The molecule has 0 saturated carbocycles. The lowest BCUT2D eigenvalue weighted by Crippen LogP contribution is -1.79. The van der Waals surface area contributed by atoms with Crippen molar-refractivity contribution in [2.75, 3.05) is 0 Å². The van der Waals surface area contributed by atoms with Gasteiger partial charge in [-0.3, -0.25) is 0 Å². The molecule has 0 aliphatic heterocycles. The van der Waals surface area contributed by atoms with E-state index in [2.05, 4.69) is 38.5 Å². The zero-order chi connectivity index (χ0) is 7.72. The van der Waals surface area contributed by atoms with Gasteiger partial charge in [0.25, 0.3) is 0 Å². The molecule has 0 heterocycles. The quantitative estimate of drug-likeness (QED) is 0.498. The zero-order valence-electron chi connectivity index (χ0n) is 5.29. The molecule has 0 aliphatic carbocycles. The summed E-state index contributed by atoms with van der Waals surface area (Å²) in [5.74, 6) is 0. The SMILES string of the molecule is Cc1cc(Br)cc(I)c1Cl. The molecule has 0 radical (unpaired) electrons. The Kier molecular flexibility index (Phi) is 3.01. The Hall–Kier alpha value is 0.720. The second-order valence-electron chi connectivity index (χ2n) is 2.02. The summed E-state index contributed by atoms with van der Waals surface area (Å²) in [6, 6.07) is 4.00. The molecule has 0 fully saturated rings. The van der Waals surface area contributed by atoms with Crippen LogP contribution in [0, 0.1) is 10.5 Å². The second-order valence-corrected chi connectivity index (χ2v) is 4.47. The van der Waals surface area contributed by atoms with Crippen LogP contribution in [0.4, 0.5) is 0 Å². The summed E-state index contributed by atoms with van der Waals surface area (Å²) >= 11 is 11.5. The maximum absolute atomic E-state index is 5.92. The molecule has 0 amide bonds. The predicted molar refractivity (Wildman–Crippen MR) is 56.6 cm³/mol. The van der Waals surface area contributed by atoms with E-state index in [1.165, 1.54) is 0 Å². The summed E-state index contributed by atoms with van der Waals surface area (Å²) in [4.78, 5) is 0. The Morgan fingerprint density at radius 2 is 2.10 bits per heavy atom. The van der Waals surface area contributed by atoms with Crippen molar-refractivity contribution in [3.05, 3.63) is 30.8 Å². The molecule has 0 N–H and O–H groups in total. The molecule has 10 heavy (non-hydrogen) atoms. The minimum Gasteiger partial charge on any atom is -0.0829 e. The summed E-state index contributed by atoms with van der Waals surface area (Å²) in [6.45, 7) is 2.00. The molecule has 0 nitrogen and oxygen atoms in total. The highest BCUT2D eigenvalue weighted by Gasteiger charge is 2.00. The van der Waals surface area contributed by atoms with Gasteiger partial charge in [0.1, 0.15) is 0 Å². The molecule has 3 heteroatoms. The molecular formula is C7H5BrClI. The number of benzene rings is 1. The summed E-state index contributed by atoms with van der Waals surface area (Å²) in [7, 11) is 0. The Labute approximate surface area is 87.2 Å². The number of hydrogen-bond acceptors (Lipinski definition) is 0. The van der Waals surface area contributed by atoms with Gasteiger partial charge in [-0.15, -0.1) is 0 Å². The first-order valence-corrected chi connectivity index (χ1v) is 4.97. The first kappa shape index (κ1) is 8.81. The second kappa shape index (κ2) is 3.41. The molecule has 0 spiro atoms. The lowest BCUT2D eigenvalue weighted by atomic mass is 10.2. The van der Waals surface area contributed by atoms with Gasteiger partial charge in [0.2, 0.25) is 0 Å². The molecule has 0 saturated heterocycles. The highest BCUT2D eigenvalue weighted by molar-refractivity contribution is 14.1. The lowest BCUT2D eigenvalue weighted by molar-refractivity contribution is 1.43. The topological polar surface area (TPSA) is 0 Å². The van der Waals surface area contributed by atoms with E-state index in [4.69, 9.17) is 11.6 Å². The highest BCUT2D eigenvalue weighted by atomic mass is 127. The minimum atomic E-state index is 0.851.